The van der Waals surface area contributed by atoms with Crippen LogP contribution in [0.15, 0.2) is 59.7 Å². The van der Waals surface area contributed by atoms with E-state index in [-0.39, 0.29) is 0 Å². The predicted octanol–water partition coefficient (Wildman–Crippen LogP) is 7.65. The van der Waals surface area contributed by atoms with Gasteiger partial charge in [-0.15, -0.1) is 0 Å². The van der Waals surface area contributed by atoms with Gasteiger partial charge in [0.25, 0.3) is 0 Å². The minimum atomic E-state index is 0.756. The molecular formula is C22H20Br2Cl2. The molecule has 2 rings (SSSR count). The lowest BCUT2D eigenvalue weighted by atomic mass is 9.94. The molecular weight excluding hydrogens is 495 g/mol. The first-order chi connectivity index (χ1) is 12.6. The van der Waals surface area contributed by atoms with E-state index in [2.05, 4.69) is 68.0 Å². The Balaban J connectivity index is 2.35. The molecule has 0 N–H and O–H groups in total. The molecule has 0 atom stereocenters. The van der Waals surface area contributed by atoms with Gasteiger partial charge in [0, 0.05) is 39.1 Å². The molecule has 136 valence electrons. The molecule has 0 heterocycles. The van der Waals surface area contributed by atoms with Crippen LogP contribution in [0.25, 0.3) is 0 Å². The van der Waals surface area contributed by atoms with E-state index >= 15 is 0 Å². The van der Waals surface area contributed by atoms with Crippen LogP contribution in [0, 0.1) is 11.8 Å². The lowest BCUT2D eigenvalue weighted by molar-refractivity contribution is 0.975. The molecule has 0 aliphatic heterocycles. The second-order valence-electron chi connectivity index (χ2n) is 5.87. The third-order valence-electron chi connectivity index (χ3n) is 3.91. The summed E-state index contributed by atoms with van der Waals surface area (Å²) in [6.07, 6.45) is 3.51. The molecule has 2 aromatic rings. The minimum Gasteiger partial charge on any atom is -0.0974 e. The van der Waals surface area contributed by atoms with E-state index in [1.165, 1.54) is 22.3 Å². The molecule has 0 nitrogen and oxygen atoms in total. The van der Waals surface area contributed by atoms with Crippen LogP contribution in [0.4, 0.5) is 0 Å². The lowest BCUT2D eigenvalue weighted by Gasteiger charge is -2.12. The maximum atomic E-state index is 6.02. The maximum absolute atomic E-state index is 6.02. The van der Waals surface area contributed by atoms with Gasteiger partial charge < -0.3 is 0 Å². The van der Waals surface area contributed by atoms with Crippen molar-refractivity contribution in [2.24, 2.45) is 0 Å². The highest BCUT2D eigenvalue weighted by Crippen LogP contribution is 2.22. The molecule has 0 aliphatic rings. The first kappa shape index (κ1) is 21.6. The van der Waals surface area contributed by atoms with E-state index in [0.29, 0.717) is 0 Å². The summed E-state index contributed by atoms with van der Waals surface area (Å²) in [4.78, 5) is 0. The number of allylic oxidation sites excluding steroid dienone is 2. The standard InChI is InChI=1S/C22H20Br2Cl2/c23-13-2-1-3-19(15-17-4-8-21(25)9-5-17)20(12-14-24)16-18-6-10-22(26)11-7-18/h4-11H,2,12-16H2/b20-19+. The summed E-state index contributed by atoms with van der Waals surface area (Å²) in [5.74, 6) is 6.70. The van der Waals surface area contributed by atoms with Crippen LogP contribution in [-0.2, 0) is 12.8 Å². The van der Waals surface area contributed by atoms with Crippen molar-refractivity contribution in [3.8, 4) is 11.8 Å². The van der Waals surface area contributed by atoms with Crippen LogP contribution >= 0.6 is 55.1 Å². The van der Waals surface area contributed by atoms with Gasteiger partial charge in [-0.1, -0.05) is 96.7 Å². The molecule has 0 fully saturated rings. The zero-order valence-electron chi connectivity index (χ0n) is 14.4. The first-order valence-electron chi connectivity index (χ1n) is 8.43. The van der Waals surface area contributed by atoms with Crippen molar-refractivity contribution in [2.75, 3.05) is 10.7 Å². The zero-order valence-corrected chi connectivity index (χ0v) is 19.1. The van der Waals surface area contributed by atoms with Crippen molar-refractivity contribution in [3.05, 3.63) is 80.8 Å². The fourth-order valence-electron chi connectivity index (χ4n) is 2.59. The van der Waals surface area contributed by atoms with Gasteiger partial charge in [0.05, 0.1) is 0 Å². The fraction of sp³-hybridized carbons (Fsp3) is 0.273. The maximum Gasteiger partial charge on any atom is 0.0406 e. The fourth-order valence-corrected chi connectivity index (χ4v) is 3.52. The van der Waals surface area contributed by atoms with Crippen LogP contribution < -0.4 is 0 Å². The second kappa shape index (κ2) is 11.9. The number of alkyl halides is 2. The number of rotatable bonds is 7. The molecule has 0 aromatic heterocycles. The number of halogens is 4. The van der Waals surface area contributed by atoms with Gasteiger partial charge in [-0.3, -0.25) is 0 Å². The normalized spacial score (nSPS) is 11.5. The van der Waals surface area contributed by atoms with Crippen molar-refractivity contribution >= 4 is 55.1 Å². The number of hydrogen-bond donors (Lipinski definition) is 0. The van der Waals surface area contributed by atoms with Crippen LogP contribution in [0.2, 0.25) is 10.0 Å². The summed E-state index contributed by atoms with van der Waals surface area (Å²) in [5, 5.41) is 3.32. The summed E-state index contributed by atoms with van der Waals surface area (Å²) in [5.41, 5.74) is 5.03. The average molecular weight is 515 g/mol. The highest BCUT2D eigenvalue weighted by Gasteiger charge is 2.08. The molecule has 0 bridgehead atoms. The molecule has 0 amide bonds. The third-order valence-corrected chi connectivity index (χ3v) is 5.20. The molecule has 0 saturated carbocycles. The largest absolute Gasteiger partial charge is 0.0974 e. The summed E-state index contributed by atoms with van der Waals surface area (Å²) in [7, 11) is 0. The van der Waals surface area contributed by atoms with E-state index in [9.17, 15) is 0 Å². The molecule has 0 unspecified atom stereocenters. The summed E-state index contributed by atoms with van der Waals surface area (Å²) < 4.78 is 0. The van der Waals surface area contributed by atoms with E-state index in [0.717, 1.165) is 46.4 Å². The molecule has 26 heavy (non-hydrogen) atoms. The Hall–Kier alpha value is -0.720. The van der Waals surface area contributed by atoms with Gasteiger partial charge >= 0.3 is 0 Å². The van der Waals surface area contributed by atoms with Crippen molar-refractivity contribution in [2.45, 2.75) is 25.7 Å². The molecule has 0 saturated heterocycles. The third kappa shape index (κ3) is 7.49. The van der Waals surface area contributed by atoms with Gasteiger partial charge in [-0.05, 0) is 48.2 Å². The molecule has 0 radical (unpaired) electrons. The van der Waals surface area contributed by atoms with Crippen molar-refractivity contribution < 1.29 is 0 Å². The van der Waals surface area contributed by atoms with Crippen LogP contribution in [0.3, 0.4) is 0 Å². The number of hydrogen-bond acceptors (Lipinski definition) is 0. The summed E-state index contributed by atoms with van der Waals surface area (Å²) in [6.45, 7) is 0. The highest BCUT2D eigenvalue weighted by molar-refractivity contribution is 9.09. The monoisotopic (exact) mass is 512 g/mol. The smallest absolute Gasteiger partial charge is 0.0406 e. The Kier molecular flexibility index (Phi) is 9.86. The summed E-state index contributed by atoms with van der Waals surface area (Å²) in [6, 6.07) is 16.1. The highest BCUT2D eigenvalue weighted by atomic mass is 79.9. The molecule has 0 aliphatic carbocycles. The molecule has 0 spiro atoms. The predicted molar refractivity (Wildman–Crippen MR) is 122 cm³/mol. The molecule has 4 heteroatoms. The van der Waals surface area contributed by atoms with Gasteiger partial charge in [0.1, 0.15) is 0 Å². The average Bonchev–Trinajstić information content (AvgIpc) is 2.64. The van der Waals surface area contributed by atoms with E-state index in [1.807, 2.05) is 24.3 Å². The number of benzene rings is 2. The quantitative estimate of drug-likeness (QED) is 0.263. The van der Waals surface area contributed by atoms with Crippen LogP contribution in [-0.4, -0.2) is 10.7 Å². The van der Waals surface area contributed by atoms with Gasteiger partial charge in [-0.25, -0.2) is 0 Å². The Morgan fingerprint density at radius 2 is 1.31 bits per heavy atom. The van der Waals surface area contributed by atoms with E-state index in [1.54, 1.807) is 0 Å². The van der Waals surface area contributed by atoms with Gasteiger partial charge in [-0.2, -0.15) is 0 Å². The summed E-state index contributed by atoms with van der Waals surface area (Å²) >= 11 is 19.1. The van der Waals surface area contributed by atoms with Crippen molar-refractivity contribution in [3.63, 3.8) is 0 Å². The topological polar surface area (TPSA) is 0 Å². The Morgan fingerprint density at radius 3 is 1.81 bits per heavy atom. The Bertz CT molecular complexity index is 782. The van der Waals surface area contributed by atoms with Gasteiger partial charge in [0.15, 0.2) is 0 Å². The van der Waals surface area contributed by atoms with E-state index < -0.39 is 0 Å². The zero-order chi connectivity index (χ0) is 18.8. The minimum absolute atomic E-state index is 0.756. The van der Waals surface area contributed by atoms with Crippen LogP contribution in [0.1, 0.15) is 24.0 Å². The van der Waals surface area contributed by atoms with Crippen molar-refractivity contribution in [1.82, 2.24) is 0 Å². The Labute approximate surface area is 183 Å². The van der Waals surface area contributed by atoms with Crippen molar-refractivity contribution in [1.29, 1.82) is 0 Å². The first-order valence-corrected chi connectivity index (χ1v) is 11.4. The SMILES string of the molecule is Clc1ccc(C/C(C#CCCBr)=C(\CCBr)Cc2ccc(Cl)cc2)cc1. The second-order valence-corrected chi connectivity index (χ2v) is 8.33. The molecule has 2 aromatic carbocycles. The lowest BCUT2D eigenvalue weighted by Crippen LogP contribution is -2.00. The van der Waals surface area contributed by atoms with Crippen LogP contribution in [0.5, 0.6) is 0 Å². The Morgan fingerprint density at radius 1 is 0.769 bits per heavy atom. The van der Waals surface area contributed by atoms with E-state index in [4.69, 9.17) is 23.2 Å². The van der Waals surface area contributed by atoms with Gasteiger partial charge in [0.2, 0.25) is 0 Å².